The molecule has 26 heavy (non-hydrogen) atoms. The highest BCUT2D eigenvalue weighted by atomic mass is 15.1. The third kappa shape index (κ3) is 5.32. The lowest BCUT2D eigenvalue weighted by molar-refractivity contribution is -0.695. The van der Waals surface area contributed by atoms with Gasteiger partial charge in [-0.25, -0.2) is 9.13 Å². The standard InChI is InChI=1S/C24H31N2/c1-2-3-4-5-12-17-25-18-19-26(21-23-15-10-7-11-16-23)24(25)20-22-13-8-6-9-14-22/h6-11,13-16,18-19H,2-5,12,17,20-21H2,1H3/q+1. The molecule has 2 heteroatoms. The van der Waals surface area contributed by atoms with Crippen molar-refractivity contribution in [1.29, 1.82) is 0 Å². The summed E-state index contributed by atoms with van der Waals surface area (Å²) in [6, 6.07) is 21.6. The molecule has 3 aromatic rings. The molecule has 2 aromatic carbocycles. The van der Waals surface area contributed by atoms with Gasteiger partial charge in [0.15, 0.2) is 0 Å². The lowest BCUT2D eigenvalue weighted by Gasteiger charge is -2.06. The van der Waals surface area contributed by atoms with Crippen LogP contribution in [0.15, 0.2) is 73.1 Å². The zero-order valence-corrected chi connectivity index (χ0v) is 16.0. The molecule has 3 rings (SSSR count). The summed E-state index contributed by atoms with van der Waals surface area (Å²) in [6.45, 7) is 4.33. The summed E-state index contributed by atoms with van der Waals surface area (Å²) in [5.41, 5.74) is 2.73. The Morgan fingerprint density at radius 3 is 2.12 bits per heavy atom. The second-order valence-corrected chi connectivity index (χ2v) is 7.10. The van der Waals surface area contributed by atoms with E-state index in [0.29, 0.717) is 0 Å². The third-order valence-electron chi connectivity index (χ3n) is 4.99. The first kappa shape index (κ1) is 18.4. The SMILES string of the molecule is CCCCCCCn1cc[n+](Cc2ccccc2)c1Cc1ccccc1. The maximum Gasteiger partial charge on any atom is 0.261 e. The average Bonchev–Trinajstić information content (AvgIpc) is 3.05. The highest BCUT2D eigenvalue weighted by Crippen LogP contribution is 2.11. The molecule has 0 aliphatic carbocycles. The van der Waals surface area contributed by atoms with Gasteiger partial charge in [-0.3, -0.25) is 0 Å². The Hall–Kier alpha value is -2.35. The molecule has 0 bridgehead atoms. The van der Waals surface area contributed by atoms with Gasteiger partial charge in [0.25, 0.3) is 5.82 Å². The van der Waals surface area contributed by atoms with E-state index in [9.17, 15) is 0 Å². The molecule has 0 saturated carbocycles. The smallest absolute Gasteiger partial charge is 0.234 e. The number of rotatable bonds is 10. The van der Waals surface area contributed by atoms with Gasteiger partial charge in [-0.1, -0.05) is 86.8 Å². The van der Waals surface area contributed by atoms with Crippen LogP contribution in [-0.2, 0) is 19.5 Å². The fourth-order valence-corrected chi connectivity index (χ4v) is 3.49. The quantitative estimate of drug-likeness (QED) is 0.344. The minimum Gasteiger partial charge on any atom is -0.234 e. The van der Waals surface area contributed by atoms with Crippen LogP contribution >= 0.6 is 0 Å². The van der Waals surface area contributed by atoms with Gasteiger partial charge in [0, 0.05) is 0 Å². The molecule has 1 aromatic heterocycles. The molecule has 136 valence electrons. The van der Waals surface area contributed by atoms with Crippen molar-refractivity contribution in [3.8, 4) is 0 Å². The van der Waals surface area contributed by atoms with E-state index in [1.807, 2.05) is 0 Å². The van der Waals surface area contributed by atoms with Crippen molar-refractivity contribution in [2.45, 2.75) is 58.5 Å². The predicted octanol–water partition coefficient (Wildman–Crippen LogP) is 5.39. The normalized spacial score (nSPS) is 11.0. The number of nitrogens with zero attached hydrogens (tertiary/aromatic N) is 2. The maximum atomic E-state index is 2.46. The van der Waals surface area contributed by atoms with Gasteiger partial charge in [0.1, 0.15) is 18.9 Å². The van der Waals surface area contributed by atoms with Crippen molar-refractivity contribution in [1.82, 2.24) is 4.57 Å². The summed E-state index contributed by atoms with van der Waals surface area (Å²) in [6.07, 6.45) is 12.1. The highest BCUT2D eigenvalue weighted by Gasteiger charge is 2.17. The third-order valence-corrected chi connectivity index (χ3v) is 4.99. The zero-order chi connectivity index (χ0) is 18.0. The van der Waals surface area contributed by atoms with Crippen molar-refractivity contribution < 1.29 is 4.57 Å². The van der Waals surface area contributed by atoms with E-state index in [-0.39, 0.29) is 0 Å². The minimum absolute atomic E-state index is 0.936. The van der Waals surface area contributed by atoms with Crippen molar-refractivity contribution in [2.75, 3.05) is 0 Å². The summed E-state index contributed by atoms with van der Waals surface area (Å²) in [4.78, 5) is 0. The Morgan fingerprint density at radius 2 is 1.42 bits per heavy atom. The van der Waals surface area contributed by atoms with Crippen molar-refractivity contribution in [3.05, 3.63) is 90.0 Å². The van der Waals surface area contributed by atoms with Crippen LogP contribution in [0.25, 0.3) is 0 Å². The lowest BCUT2D eigenvalue weighted by atomic mass is 10.1. The van der Waals surface area contributed by atoms with Crippen LogP contribution in [0.3, 0.4) is 0 Å². The molecule has 0 spiro atoms. The van der Waals surface area contributed by atoms with Crippen LogP contribution in [-0.4, -0.2) is 4.57 Å². The molecule has 0 atom stereocenters. The molecule has 0 aliphatic heterocycles. The number of unbranched alkanes of at least 4 members (excludes halogenated alkanes) is 4. The van der Waals surface area contributed by atoms with E-state index in [0.717, 1.165) is 19.5 Å². The van der Waals surface area contributed by atoms with E-state index < -0.39 is 0 Å². The molecule has 0 amide bonds. The second-order valence-electron chi connectivity index (χ2n) is 7.10. The van der Waals surface area contributed by atoms with Gasteiger partial charge in [-0.05, 0) is 24.0 Å². The van der Waals surface area contributed by atoms with Crippen molar-refractivity contribution in [2.24, 2.45) is 0 Å². The summed E-state index contributed by atoms with van der Waals surface area (Å²) in [5.74, 6) is 1.40. The predicted molar refractivity (Wildman–Crippen MR) is 108 cm³/mol. The van der Waals surface area contributed by atoms with E-state index >= 15 is 0 Å². The lowest BCUT2D eigenvalue weighted by Crippen LogP contribution is -2.38. The zero-order valence-electron chi connectivity index (χ0n) is 16.0. The largest absolute Gasteiger partial charge is 0.261 e. The van der Waals surface area contributed by atoms with Gasteiger partial charge in [0.05, 0.1) is 13.0 Å². The number of aromatic nitrogens is 2. The van der Waals surface area contributed by atoms with Gasteiger partial charge in [0.2, 0.25) is 0 Å². The Bertz CT molecular complexity index is 759. The summed E-state index contributed by atoms with van der Waals surface area (Å²) in [5, 5.41) is 0. The van der Waals surface area contributed by atoms with Crippen LogP contribution in [0.4, 0.5) is 0 Å². The Morgan fingerprint density at radius 1 is 0.769 bits per heavy atom. The van der Waals surface area contributed by atoms with Crippen LogP contribution < -0.4 is 4.57 Å². The highest BCUT2D eigenvalue weighted by molar-refractivity contribution is 5.18. The number of aryl methyl sites for hydroxylation is 1. The molecule has 0 radical (unpaired) electrons. The summed E-state index contributed by atoms with van der Waals surface area (Å²) in [7, 11) is 0. The molecule has 0 fully saturated rings. The topological polar surface area (TPSA) is 8.81 Å². The second kappa shape index (κ2) is 9.96. The number of imidazole rings is 1. The Kier molecular flexibility index (Phi) is 7.06. The van der Waals surface area contributed by atoms with Gasteiger partial charge >= 0.3 is 0 Å². The van der Waals surface area contributed by atoms with E-state index in [2.05, 4.69) is 89.1 Å². The average molecular weight is 348 g/mol. The first-order chi connectivity index (χ1) is 12.9. The van der Waals surface area contributed by atoms with Gasteiger partial charge < -0.3 is 0 Å². The number of hydrogen-bond acceptors (Lipinski definition) is 0. The fourth-order valence-electron chi connectivity index (χ4n) is 3.49. The van der Waals surface area contributed by atoms with E-state index in [4.69, 9.17) is 0 Å². The molecular formula is C24H31N2+. The Balaban J connectivity index is 1.75. The maximum absolute atomic E-state index is 2.46. The van der Waals surface area contributed by atoms with Gasteiger partial charge in [-0.15, -0.1) is 0 Å². The molecule has 0 aliphatic rings. The Labute approximate surface area is 158 Å². The molecule has 2 nitrogen and oxygen atoms in total. The minimum atomic E-state index is 0.936. The van der Waals surface area contributed by atoms with Crippen molar-refractivity contribution >= 4 is 0 Å². The first-order valence-corrected chi connectivity index (χ1v) is 10.0. The van der Waals surface area contributed by atoms with E-state index in [1.54, 1.807) is 0 Å². The monoisotopic (exact) mass is 347 g/mol. The molecule has 0 saturated heterocycles. The first-order valence-electron chi connectivity index (χ1n) is 10.0. The molecule has 0 unspecified atom stereocenters. The van der Waals surface area contributed by atoms with Crippen LogP contribution in [0.5, 0.6) is 0 Å². The fraction of sp³-hybridized carbons (Fsp3) is 0.375. The van der Waals surface area contributed by atoms with Gasteiger partial charge in [-0.2, -0.15) is 0 Å². The van der Waals surface area contributed by atoms with Crippen LogP contribution in [0.1, 0.15) is 56.0 Å². The summed E-state index contributed by atoms with van der Waals surface area (Å²) >= 11 is 0. The molecule has 0 N–H and O–H groups in total. The number of benzene rings is 2. The summed E-state index contributed by atoms with van der Waals surface area (Å²) < 4.78 is 4.87. The van der Waals surface area contributed by atoms with Crippen LogP contribution in [0.2, 0.25) is 0 Å². The molecular weight excluding hydrogens is 316 g/mol. The molecule has 1 heterocycles. The van der Waals surface area contributed by atoms with Crippen molar-refractivity contribution in [3.63, 3.8) is 0 Å². The van der Waals surface area contributed by atoms with E-state index in [1.165, 1.54) is 49.1 Å². The van der Waals surface area contributed by atoms with Crippen LogP contribution in [0, 0.1) is 0 Å². The number of hydrogen-bond donors (Lipinski definition) is 0.